The Balaban J connectivity index is 1.92. The van der Waals surface area contributed by atoms with Crippen molar-refractivity contribution in [3.63, 3.8) is 0 Å². The number of aryl methyl sites for hydroxylation is 1. The van der Waals surface area contributed by atoms with Gasteiger partial charge in [0.2, 0.25) is 5.91 Å². The largest absolute Gasteiger partial charge is 0.494 e. The third-order valence-electron chi connectivity index (χ3n) is 4.09. The Morgan fingerprint density at radius 2 is 1.81 bits per heavy atom. The van der Waals surface area contributed by atoms with Gasteiger partial charge in [0.25, 0.3) is 10.0 Å². The van der Waals surface area contributed by atoms with Gasteiger partial charge in [-0.1, -0.05) is 0 Å². The van der Waals surface area contributed by atoms with Crippen LogP contribution in [0.5, 0.6) is 11.5 Å². The molecule has 0 radical (unpaired) electrons. The minimum Gasteiger partial charge on any atom is -0.494 e. The van der Waals surface area contributed by atoms with Crippen molar-refractivity contribution < 1.29 is 22.7 Å². The predicted octanol–water partition coefficient (Wildman–Crippen LogP) is 3.17. The lowest BCUT2D eigenvalue weighted by Crippen LogP contribution is -2.20. The number of amides is 1. The highest BCUT2D eigenvalue weighted by atomic mass is 32.2. The Labute approximate surface area is 158 Å². The molecule has 0 atom stereocenters. The average molecular weight is 390 g/mol. The highest BCUT2D eigenvalue weighted by Crippen LogP contribution is 2.32. The van der Waals surface area contributed by atoms with Crippen LogP contribution in [0.25, 0.3) is 0 Å². The number of carbonyl (C=O) groups is 1. The number of sulfonamides is 1. The van der Waals surface area contributed by atoms with Crippen LogP contribution in [0.3, 0.4) is 0 Å². The summed E-state index contributed by atoms with van der Waals surface area (Å²) in [6.07, 6.45) is 0.851. The molecule has 1 aliphatic rings. The SMILES string of the molecule is CCOc1ccc(OCC)c(NS(=O)(=O)c2ccc3c(c2)CCC(=O)N3)c1. The maximum atomic E-state index is 12.9. The Morgan fingerprint density at radius 3 is 2.56 bits per heavy atom. The zero-order valence-electron chi connectivity index (χ0n) is 15.2. The molecule has 2 aromatic carbocycles. The topological polar surface area (TPSA) is 93.7 Å². The van der Waals surface area contributed by atoms with Crippen LogP contribution in [0.2, 0.25) is 0 Å². The van der Waals surface area contributed by atoms with Crippen molar-refractivity contribution in [1.82, 2.24) is 0 Å². The first-order valence-electron chi connectivity index (χ1n) is 8.78. The first-order valence-corrected chi connectivity index (χ1v) is 10.3. The second-order valence-corrected chi connectivity index (χ2v) is 7.68. The number of carbonyl (C=O) groups excluding carboxylic acids is 1. The molecule has 1 heterocycles. The van der Waals surface area contributed by atoms with Gasteiger partial charge in [-0.25, -0.2) is 8.42 Å². The Hall–Kier alpha value is -2.74. The molecule has 8 heteroatoms. The zero-order chi connectivity index (χ0) is 19.4. The third-order valence-corrected chi connectivity index (χ3v) is 5.45. The van der Waals surface area contributed by atoms with Crippen molar-refractivity contribution in [3.05, 3.63) is 42.0 Å². The summed E-state index contributed by atoms with van der Waals surface area (Å²) in [4.78, 5) is 11.6. The smallest absolute Gasteiger partial charge is 0.262 e. The number of hydrogen-bond donors (Lipinski definition) is 2. The van der Waals surface area contributed by atoms with E-state index >= 15 is 0 Å². The van der Waals surface area contributed by atoms with Crippen LogP contribution in [0, 0.1) is 0 Å². The van der Waals surface area contributed by atoms with Crippen LogP contribution >= 0.6 is 0 Å². The van der Waals surface area contributed by atoms with Gasteiger partial charge in [-0.2, -0.15) is 0 Å². The van der Waals surface area contributed by atoms with Gasteiger partial charge in [0.1, 0.15) is 11.5 Å². The van der Waals surface area contributed by atoms with Gasteiger partial charge in [-0.15, -0.1) is 0 Å². The van der Waals surface area contributed by atoms with Crippen LogP contribution in [0.4, 0.5) is 11.4 Å². The second-order valence-electron chi connectivity index (χ2n) is 6.00. The fourth-order valence-electron chi connectivity index (χ4n) is 2.86. The molecule has 1 amide bonds. The highest BCUT2D eigenvalue weighted by Gasteiger charge is 2.21. The standard InChI is InChI=1S/C19H22N2O5S/c1-3-25-14-6-9-18(26-4-2)17(12-14)21-27(23,24)15-7-8-16-13(11-15)5-10-19(22)20-16/h6-9,11-12,21H,3-5,10H2,1-2H3,(H,20,22). The van der Waals surface area contributed by atoms with Crippen molar-refractivity contribution >= 4 is 27.3 Å². The van der Waals surface area contributed by atoms with Gasteiger partial charge in [-0.05, 0) is 56.2 Å². The van der Waals surface area contributed by atoms with Gasteiger partial charge in [-0.3, -0.25) is 9.52 Å². The number of ether oxygens (including phenoxy) is 2. The predicted molar refractivity (Wildman–Crippen MR) is 103 cm³/mol. The molecule has 7 nitrogen and oxygen atoms in total. The lowest BCUT2D eigenvalue weighted by molar-refractivity contribution is -0.116. The van der Waals surface area contributed by atoms with E-state index in [-0.39, 0.29) is 10.8 Å². The van der Waals surface area contributed by atoms with E-state index in [0.717, 1.165) is 5.56 Å². The van der Waals surface area contributed by atoms with E-state index < -0.39 is 10.0 Å². The van der Waals surface area contributed by atoms with E-state index in [4.69, 9.17) is 9.47 Å². The van der Waals surface area contributed by atoms with E-state index in [9.17, 15) is 13.2 Å². The first kappa shape index (κ1) is 19.0. The molecule has 0 bridgehead atoms. The number of hydrogen-bond acceptors (Lipinski definition) is 5. The Bertz CT molecular complexity index is 957. The Morgan fingerprint density at radius 1 is 1.04 bits per heavy atom. The fourth-order valence-corrected chi connectivity index (χ4v) is 3.97. The quantitative estimate of drug-likeness (QED) is 0.757. The van der Waals surface area contributed by atoms with E-state index in [0.29, 0.717) is 48.9 Å². The normalized spacial score (nSPS) is 13.5. The van der Waals surface area contributed by atoms with E-state index in [1.807, 2.05) is 13.8 Å². The monoisotopic (exact) mass is 390 g/mol. The molecule has 0 unspecified atom stereocenters. The number of nitrogens with one attached hydrogen (secondary N) is 2. The third kappa shape index (κ3) is 4.33. The summed E-state index contributed by atoms with van der Waals surface area (Å²) in [6.45, 7) is 4.55. The average Bonchev–Trinajstić information content (AvgIpc) is 2.63. The molecule has 0 spiro atoms. The summed E-state index contributed by atoms with van der Waals surface area (Å²) in [7, 11) is -3.83. The summed E-state index contributed by atoms with van der Waals surface area (Å²) in [5, 5.41) is 2.74. The zero-order valence-corrected chi connectivity index (χ0v) is 16.1. The summed E-state index contributed by atoms with van der Waals surface area (Å²) in [5.41, 5.74) is 1.76. The molecule has 0 aromatic heterocycles. The van der Waals surface area contributed by atoms with Gasteiger partial charge >= 0.3 is 0 Å². The number of benzene rings is 2. The molecule has 1 aliphatic heterocycles. The fraction of sp³-hybridized carbons (Fsp3) is 0.316. The van der Waals surface area contributed by atoms with E-state index in [2.05, 4.69) is 10.0 Å². The summed E-state index contributed by atoms with van der Waals surface area (Å²) in [6, 6.07) is 9.68. The maximum Gasteiger partial charge on any atom is 0.262 e. The van der Waals surface area contributed by atoms with Gasteiger partial charge in [0, 0.05) is 18.2 Å². The van der Waals surface area contributed by atoms with Crippen molar-refractivity contribution in [3.8, 4) is 11.5 Å². The molecule has 0 aliphatic carbocycles. The molecular weight excluding hydrogens is 368 g/mol. The van der Waals surface area contributed by atoms with Gasteiger partial charge < -0.3 is 14.8 Å². The lowest BCUT2D eigenvalue weighted by Gasteiger charge is -2.18. The highest BCUT2D eigenvalue weighted by molar-refractivity contribution is 7.92. The van der Waals surface area contributed by atoms with Crippen molar-refractivity contribution in [2.24, 2.45) is 0 Å². The lowest BCUT2D eigenvalue weighted by atomic mass is 10.0. The van der Waals surface area contributed by atoms with Crippen molar-refractivity contribution in [2.45, 2.75) is 31.6 Å². The van der Waals surface area contributed by atoms with Crippen LogP contribution in [-0.2, 0) is 21.2 Å². The number of rotatable bonds is 7. The molecule has 2 N–H and O–H groups in total. The minimum absolute atomic E-state index is 0.0645. The van der Waals surface area contributed by atoms with Crippen LogP contribution in [0.15, 0.2) is 41.3 Å². The van der Waals surface area contributed by atoms with E-state index in [1.54, 1.807) is 30.3 Å². The Kier molecular flexibility index (Phi) is 5.55. The van der Waals surface area contributed by atoms with Crippen LogP contribution in [0.1, 0.15) is 25.8 Å². The first-order chi connectivity index (χ1) is 12.9. The maximum absolute atomic E-state index is 12.9. The van der Waals surface area contributed by atoms with Crippen molar-refractivity contribution in [2.75, 3.05) is 23.3 Å². The number of fused-ring (bicyclic) bond motifs is 1. The van der Waals surface area contributed by atoms with Crippen LogP contribution in [-0.4, -0.2) is 27.5 Å². The van der Waals surface area contributed by atoms with Crippen LogP contribution < -0.4 is 19.5 Å². The van der Waals surface area contributed by atoms with Gasteiger partial charge in [0.15, 0.2) is 0 Å². The summed E-state index contributed by atoms with van der Waals surface area (Å²) in [5.74, 6) is 0.909. The summed E-state index contributed by atoms with van der Waals surface area (Å²) >= 11 is 0. The molecule has 3 rings (SSSR count). The second kappa shape index (κ2) is 7.87. The molecule has 144 valence electrons. The molecule has 0 saturated heterocycles. The molecule has 2 aromatic rings. The number of anilines is 2. The van der Waals surface area contributed by atoms with Gasteiger partial charge in [0.05, 0.1) is 23.8 Å². The minimum atomic E-state index is -3.83. The molecule has 0 fully saturated rings. The van der Waals surface area contributed by atoms with Crippen molar-refractivity contribution in [1.29, 1.82) is 0 Å². The molecular formula is C19H22N2O5S. The molecule has 27 heavy (non-hydrogen) atoms. The van der Waals surface area contributed by atoms with E-state index in [1.165, 1.54) is 6.07 Å². The molecule has 0 saturated carbocycles. The summed E-state index contributed by atoms with van der Waals surface area (Å²) < 4.78 is 39.3.